The van der Waals surface area contributed by atoms with Crippen molar-refractivity contribution in [2.24, 2.45) is 0 Å². The topological polar surface area (TPSA) is 135 Å². The lowest BCUT2D eigenvalue weighted by atomic mass is 10.1. The molecule has 2 unspecified atom stereocenters. The van der Waals surface area contributed by atoms with Crippen LogP contribution in [0.2, 0.25) is 0 Å². The zero-order valence-electron chi connectivity index (χ0n) is 21.2. The standard InChI is InChI=1S/C26H26N6O.C2HF3O2/c27-23-8-4-5-9-24(23)29-26(33)20-12-10-18(11-13-20)16-32-17-21(30-31-32)15-28-25-14-22(25)19-6-2-1-3-7-19;3-2(4,5)1(6)7/h1-13,17,22,25,28H,14-16,27H2,(H,29,33);(H,6,7). The molecule has 0 spiro atoms. The van der Waals surface area contributed by atoms with Crippen molar-refractivity contribution >= 4 is 23.3 Å². The Morgan fingerprint density at radius 3 is 2.30 bits per heavy atom. The minimum atomic E-state index is -5.08. The monoisotopic (exact) mass is 552 g/mol. The number of alkyl halides is 3. The highest BCUT2D eigenvalue weighted by Crippen LogP contribution is 2.40. The van der Waals surface area contributed by atoms with Gasteiger partial charge < -0.3 is 21.5 Å². The Morgan fingerprint density at radius 1 is 1.00 bits per heavy atom. The van der Waals surface area contributed by atoms with Gasteiger partial charge in [-0.2, -0.15) is 13.2 Å². The lowest BCUT2D eigenvalue weighted by Crippen LogP contribution is -2.21. The van der Waals surface area contributed by atoms with Crippen molar-refractivity contribution in [1.29, 1.82) is 0 Å². The van der Waals surface area contributed by atoms with Gasteiger partial charge >= 0.3 is 12.1 Å². The Bertz CT molecular complexity index is 1440. The molecule has 1 fully saturated rings. The van der Waals surface area contributed by atoms with Crippen LogP contribution in [0.5, 0.6) is 0 Å². The van der Waals surface area contributed by atoms with E-state index in [1.54, 1.807) is 24.3 Å². The number of nitrogens with two attached hydrogens (primary N) is 1. The first-order chi connectivity index (χ1) is 19.1. The number of carbonyl (C=O) groups excluding carboxylic acids is 1. The van der Waals surface area contributed by atoms with Gasteiger partial charge in [-0.3, -0.25) is 4.79 Å². The van der Waals surface area contributed by atoms with Crippen molar-refractivity contribution in [3.63, 3.8) is 0 Å². The average Bonchev–Trinajstić information content (AvgIpc) is 3.58. The fraction of sp³-hybridized carbons (Fsp3) is 0.214. The highest BCUT2D eigenvalue weighted by molar-refractivity contribution is 6.05. The third-order valence-electron chi connectivity index (χ3n) is 6.16. The Labute approximate surface area is 227 Å². The number of carbonyl (C=O) groups is 2. The van der Waals surface area contributed by atoms with Crippen molar-refractivity contribution in [2.75, 3.05) is 11.1 Å². The van der Waals surface area contributed by atoms with E-state index in [-0.39, 0.29) is 5.91 Å². The van der Waals surface area contributed by atoms with E-state index in [0.29, 0.717) is 42.0 Å². The van der Waals surface area contributed by atoms with Crippen molar-refractivity contribution in [3.8, 4) is 0 Å². The summed E-state index contributed by atoms with van der Waals surface area (Å²) in [7, 11) is 0. The maximum absolute atomic E-state index is 12.5. The normalized spacial score (nSPS) is 16.0. The van der Waals surface area contributed by atoms with Crippen LogP contribution in [-0.2, 0) is 17.9 Å². The molecule has 1 aromatic heterocycles. The molecule has 0 radical (unpaired) electrons. The number of carboxylic acids is 1. The van der Waals surface area contributed by atoms with Crippen LogP contribution in [0.25, 0.3) is 0 Å². The van der Waals surface area contributed by atoms with E-state index >= 15 is 0 Å². The summed E-state index contributed by atoms with van der Waals surface area (Å²) >= 11 is 0. The second-order valence-corrected chi connectivity index (χ2v) is 9.19. The number of nitrogens with one attached hydrogen (secondary N) is 2. The third kappa shape index (κ3) is 7.90. The second kappa shape index (κ2) is 12.4. The van der Waals surface area contributed by atoms with E-state index in [0.717, 1.165) is 17.7 Å². The summed E-state index contributed by atoms with van der Waals surface area (Å²) in [5, 5.41) is 22.1. The molecule has 1 aliphatic rings. The smallest absolute Gasteiger partial charge is 0.475 e. The summed E-state index contributed by atoms with van der Waals surface area (Å²) in [4.78, 5) is 21.4. The van der Waals surface area contributed by atoms with Crippen molar-refractivity contribution < 1.29 is 27.9 Å². The molecule has 0 aliphatic heterocycles. The zero-order valence-corrected chi connectivity index (χ0v) is 21.2. The van der Waals surface area contributed by atoms with Crippen LogP contribution in [-0.4, -0.2) is 44.2 Å². The minimum absolute atomic E-state index is 0.192. The number of hydrogen-bond acceptors (Lipinski definition) is 6. The number of aromatic nitrogens is 3. The maximum atomic E-state index is 12.5. The van der Waals surface area contributed by atoms with Gasteiger partial charge in [0.1, 0.15) is 0 Å². The van der Waals surface area contributed by atoms with E-state index in [4.69, 9.17) is 15.6 Å². The molecule has 208 valence electrons. The number of amides is 1. The van der Waals surface area contributed by atoms with Crippen LogP contribution in [0.3, 0.4) is 0 Å². The van der Waals surface area contributed by atoms with Crippen molar-refractivity contribution in [2.45, 2.75) is 37.6 Å². The highest BCUT2D eigenvalue weighted by atomic mass is 19.4. The molecule has 5 rings (SSSR count). The molecular weight excluding hydrogens is 525 g/mol. The molecule has 1 heterocycles. The van der Waals surface area contributed by atoms with E-state index in [2.05, 4.69) is 51.3 Å². The summed E-state index contributed by atoms with van der Waals surface area (Å²) in [6.45, 7) is 1.30. The molecule has 1 aliphatic carbocycles. The van der Waals surface area contributed by atoms with Crippen LogP contribution in [0, 0.1) is 0 Å². The van der Waals surface area contributed by atoms with Crippen LogP contribution < -0.4 is 16.4 Å². The van der Waals surface area contributed by atoms with Gasteiger partial charge in [-0.05, 0) is 41.8 Å². The Hall–Kier alpha value is -4.71. The van der Waals surface area contributed by atoms with Gasteiger partial charge in [0.05, 0.1) is 29.8 Å². The SMILES string of the molecule is Nc1ccccc1NC(=O)c1ccc(Cn2cc(CNC3CC3c3ccccc3)nn2)cc1.O=C(O)C(F)(F)F. The summed E-state index contributed by atoms with van der Waals surface area (Å²) < 4.78 is 33.6. The zero-order chi connectivity index (χ0) is 28.7. The van der Waals surface area contributed by atoms with Gasteiger partial charge in [0, 0.05) is 24.1 Å². The van der Waals surface area contributed by atoms with Gasteiger partial charge in [-0.25, -0.2) is 9.48 Å². The van der Waals surface area contributed by atoms with Gasteiger partial charge in [0.15, 0.2) is 0 Å². The number of benzene rings is 3. The molecular formula is C28H27F3N6O3. The third-order valence-corrected chi connectivity index (χ3v) is 6.16. The molecule has 4 aromatic rings. The summed E-state index contributed by atoms with van der Waals surface area (Å²) in [6.07, 6.45) is -1.96. The molecule has 0 bridgehead atoms. The number of hydrogen-bond donors (Lipinski definition) is 4. The quantitative estimate of drug-likeness (QED) is 0.237. The molecule has 2 atom stereocenters. The number of aliphatic carboxylic acids is 1. The van der Waals surface area contributed by atoms with E-state index < -0.39 is 12.1 Å². The number of anilines is 2. The highest BCUT2D eigenvalue weighted by Gasteiger charge is 2.38. The van der Waals surface area contributed by atoms with Gasteiger partial charge in [-0.1, -0.05) is 59.8 Å². The molecule has 5 N–H and O–H groups in total. The second-order valence-electron chi connectivity index (χ2n) is 9.19. The van der Waals surface area contributed by atoms with Crippen LogP contribution in [0.1, 0.15) is 39.5 Å². The molecule has 0 saturated heterocycles. The lowest BCUT2D eigenvalue weighted by Gasteiger charge is -2.08. The Balaban J connectivity index is 0.000000470. The van der Waals surface area contributed by atoms with E-state index in [9.17, 15) is 18.0 Å². The predicted octanol–water partition coefficient (Wildman–Crippen LogP) is 4.44. The molecule has 1 saturated carbocycles. The Kier molecular flexibility index (Phi) is 8.80. The first-order valence-electron chi connectivity index (χ1n) is 12.3. The molecule has 1 amide bonds. The fourth-order valence-corrected chi connectivity index (χ4v) is 3.98. The number of nitrogen functional groups attached to an aromatic ring is 1. The molecule has 40 heavy (non-hydrogen) atoms. The number of halogens is 3. The number of rotatable bonds is 8. The fourth-order valence-electron chi connectivity index (χ4n) is 3.98. The molecule has 9 nitrogen and oxygen atoms in total. The molecule has 12 heteroatoms. The largest absolute Gasteiger partial charge is 0.490 e. The Morgan fingerprint density at radius 2 is 1.65 bits per heavy atom. The number of carboxylic acid groups (broad SMARTS) is 1. The number of nitrogens with zero attached hydrogens (tertiary/aromatic N) is 3. The first kappa shape index (κ1) is 28.3. The lowest BCUT2D eigenvalue weighted by molar-refractivity contribution is -0.192. The van der Waals surface area contributed by atoms with Crippen molar-refractivity contribution in [3.05, 3.63) is 107 Å². The molecule has 3 aromatic carbocycles. The van der Waals surface area contributed by atoms with Gasteiger partial charge in [-0.15, -0.1) is 5.10 Å². The average molecular weight is 553 g/mol. The van der Waals surface area contributed by atoms with Crippen LogP contribution in [0.15, 0.2) is 85.1 Å². The van der Waals surface area contributed by atoms with Crippen LogP contribution in [0.4, 0.5) is 24.5 Å². The summed E-state index contributed by atoms with van der Waals surface area (Å²) in [5.74, 6) is -2.36. The van der Waals surface area contributed by atoms with E-state index in [1.807, 2.05) is 35.1 Å². The predicted molar refractivity (Wildman–Crippen MR) is 142 cm³/mol. The van der Waals surface area contributed by atoms with Gasteiger partial charge in [0.2, 0.25) is 0 Å². The van der Waals surface area contributed by atoms with Crippen LogP contribution >= 0.6 is 0 Å². The number of para-hydroxylation sites is 2. The minimum Gasteiger partial charge on any atom is -0.475 e. The first-order valence-corrected chi connectivity index (χ1v) is 12.3. The van der Waals surface area contributed by atoms with Gasteiger partial charge in [0.25, 0.3) is 5.91 Å². The van der Waals surface area contributed by atoms with E-state index in [1.165, 1.54) is 5.56 Å². The summed E-state index contributed by atoms with van der Waals surface area (Å²) in [6, 6.07) is 25.8. The maximum Gasteiger partial charge on any atom is 0.490 e. The van der Waals surface area contributed by atoms with Crippen molar-refractivity contribution in [1.82, 2.24) is 20.3 Å². The summed E-state index contributed by atoms with van der Waals surface area (Å²) in [5.41, 5.74) is 11.0.